The molecule has 29 heavy (non-hydrogen) atoms. The number of nitrogens with one attached hydrogen (secondary N) is 1. The minimum absolute atomic E-state index is 0.738. The van der Waals surface area contributed by atoms with Gasteiger partial charge in [-0.2, -0.15) is 5.10 Å². The van der Waals surface area contributed by atoms with Crippen molar-refractivity contribution in [3.05, 3.63) is 76.3 Å². The average molecular weight is 462 g/mol. The van der Waals surface area contributed by atoms with Crippen LogP contribution in [0.1, 0.15) is 5.69 Å². The van der Waals surface area contributed by atoms with E-state index in [1.807, 2.05) is 35.8 Å². The first-order chi connectivity index (χ1) is 14.2. The topological polar surface area (TPSA) is 55.1 Å². The van der Waals surface area contributed by atoms with Gasteiger partial charge in [0, 0.05) is 38.8 Å². The van der Waals surface area contributed by atoms with Gasteiger partial charge >= 0.3 is 0 Å². The maximum Gasteiger partial charge on any atom is 0.203 e. The molecular weight excluding hydrogens is 446 g/mol. The third kappa shape index (κ3) is 3.43. The first kappa shape index (κ1) is 18.0. The zero-order valence-corrected chi connectivity index (χ0v) is 17.9. The zero-order chi connectivity index (χ0) is 19.8. The molecule has 0 spiro atoms. The maximum absolute atomic E-state index is 4.60. The number of aryl methyl sites for hydroxylation is 1. The maximum atomic E-state index is 4.60. The van der Waals surface area contributed by atoms with Gasteiger partial charge in [-0.15, -0.1) is 11.3 Å². The Hall–Kier alpha value is -3.03. The molecule has 0 saturated carbocycles. The van der Waals surface area contributed by atoms with Crippen LogP contribution in [-0.2, 0) is 7.05 Å². The Balaban J connectivity index is 1.38. The van der Waals surface area contributed by atoms with Crippen LogP contribution in [-0.4, -0.2) is 20.7 Å². The Kier molecular flexibility index (Phi) is 4.61. The number of nitrogens with zero attached hydrogens (tertiary/aromatic N) is 4. The number of hydrogen-bond donors (Lipinski definition) is 1. The molecule has 142 valence electrons. The van der Waals surface area contributed by atoms with E-state index >= 15 is 0 Å². The quantitative estimate of drug-likeness (QED) is 0.261. The smallest absolute Gasteiger partial charge is 0.203 e. The van der Waals surface area contributed by atoms with Crippen LogP contribution >= 0.6 is 27.3 Å². The number of pyridine rings is 1. The van der Waals surface area contributed by atoms with E-state index in [4.69, 9.17) is 0 Å². The fraction of sp³-hybridized carbons (Fsp3) is 0.0455. The van der Waals surface area contributed by atoms with Crippen molar-refractivity contribution in [2.45, 2.75) is 0 Å². The summed E-state index contributed by atoms with van der Waals surface area (Å²) in [4.78, 5) is 9.12. The van der Waals surface area contributed by atoms with Crippen LogP contribution < -0.4 is 5.43 Å². The number of para-hydroxylation sites is 1. The van der Waals surface area contributed by atoms with Gasteiger partial charge in [-0.25, -0.2) is 4.98 Å². The highest BCUT2D eigenvalue weighted by molar-refractivity contribution is 9.10. The van der Waals surface area contributed by atoms with Crippen molar-refractivity contribution >= 4 is 60.4 Å². The summed E-state index contributed by atoms with van der Waals surface area (Å²) in [7, 11) is 2.06. The van der Waals surface area contributed by atoms with Gasteiger partial charge in [0.15, 0.2) is 0 Å². The van der Waals surface area contributed by atoms with Crippen LogP contribution in [0.5, 0.6) is 0 Å². The molecule has 5 rings (SSSR count). The molecule has 0 aliphatic rings. The predicted octanol–water partition coefficient (Wildman–Crippen LogP) is 6.06. The van der Waals surface area contributed by atoms with Gasteiger partial charge in [-0.1, -0.05) is 46.3 Å². The minimum atomic E-state index is 0.738. The van der Waals surface area contributed by atoms with Gasteiger partial charge < -0.3 is 4.57 Å². The average Bonchev–Trinajstić information content (AvgIpc) is 3.32. The molecule has 7 heteroatoms. The molecule has 2 aromatic carbocycles. The molecule has 5 nitrogen and oxygen atoms in total. The lowest BCUT2D eigenvalue weighted by Crippen LogP contribution is -1.93. The number of thiazole rings is 1. The summed E-state index contributed by atoms with van der Waals surface area (Å²) in [6, 6.07) is 18.5. The third-order valence-corrected chi connectivity index (χ3v) is 6.04. The second-order valence-electron chi connectivity index (χ2n) is 6.62. The van der Waals surface area contributed by atoms with Crippen molar-refractivity contribution in [3.63, 3.8) is 0 Å². The van der Waals surface area contributed by atoms with E-state index < -0.39 is 0 Å². The van der Waals surface area contributed by atoms with Gasteiger partial charge in [-0.3, -0.25) is 10.4 Å². The van der Waals surface area contributed by atoms with E-state index in [-0.39, 0.29) is 0 Å². The largest absolute Gasteiger partial charge is 0.342 e. The lowest BCUT2D eigenvalue weighted by molar-refractivity contribution is 1.01. The van der Waals surface area contributed by atoms with Crippen LogP contribution in [0.4, 0.5) is 5.13 Å². The lowest BCUT2D eigenvalue weighted by Gasteiger charge is -1.98. The van der Waals surface area contributed by atoms with Crippen LogP contribution in [0.15, 0.2) is 75.7 Å². The summed E-state index contributed by atoms with van der Waals surface area (Å²) in [5.41, 5.74) is 8.09. The summed E-state index contributed by atoms with van der Waals surface area (Å²) >= 11 is 5.01. The molecule has 0 bridgehead atoms. The highest BCUT2D eigenvalue weighted by Gasteiger charge is 2.08. The fourth-order valence-electron chi connectivity index (χ4n) is 3.40. The predicted molar refractivity (Wildman–Crippen MR) is 125 cm³/mol. The molecule has 0 radical (unpaired) electrons. The summed E-state index contributed by atoms with van der Waals surface area (Å²) < 4.78 is 3.20. The van der Waals surface area contributed by atoms with Crippen LogP contribution in [0.2, 0.25) is 0 Å². The Morgan fingerprint density at radius 2 is 1.97 bits per heavy atom. The van der Waals surface area contributed by atoms with Crippen molar-refractivity contribution in [1.82, 2.24) is 14.5 Å². The van der Waals surface area contributed by atoms with Crippen LogP contribution in [0.3, 0.4) is 0 Å². The number of anilines is 1. The van der Waals surface area contributed by atoms with Gasteiger partial charge in [0.25, 0.3) is 0 Å². The van der Waals surface area contributed by atoms with Crippen molar-refractivity contribution in [3.8, 4) is 11.3 Å². The number of hydrazone groups is 1. The van der Waals surface area contributed by atoms with Gasteiger partial charge in [0.2, 0.25) is 5.13 Å². The van der Waals surface area contributed by atoms with E-state index in [0.29, 0.717) is 0 Å². The molecule has 3 heterocycles. The van der Waals surface area contributed by atoms with Crippen molar-refractivity contribution in [1.29, 1.82) is 0 Å². The molecule has 0 aliphatic carbocycles. The molecule has 1 N–H and O–H groups in total. The second-order valence-corrected chi connectivity index (χ2v) is 8.39. The third-order valence-electron chi connectivity index (χ3n) is 4.80. The fourth-order valence-corrected chi connectivity index (χ4v) is 4.47. The number of fused-ring (bicyclic) bond motifs is 3. The van der Waals surface area contributed by atoms with E-state index in [9.17, 15) is 0 Å². The van der Waals surface area contributed by atoms with Crippen LogP contribution in [0, 0.1) is 0 Å². The number of hydrogen-bond acceptors (Lipinski definition) is 5. The van der Waals surface area contributed by atoms with Crippen LogP contribution in [0.25, 0.3) is 33.1 Å². The van der Waals surface area contributed by atoms with Crippen molar-refractivity contribution in [2.24, 2.45) is 12.1 Å². The zero-order valence-electron chi connectivity index (χ0n) is 15.5. The first-order valence-corrected chi connectivity index (χ1v) is 10.7. The lowest BCUT2D eigenvalue weighted by atomic mass is 10.2. The highest BCUT2D eigenvalue weighted by atomic mass is 79.9. The van der Waals surface area contributed by atoms with E-state index in [2.05, 4.69) is 78.4 Å². The Morgan fingerprint density at radius 3 is 2.86 bits per heavy atom. The molecule has 5 aromatic rings. The molecule has 0 amide bonds. The van der Waals surface area contributed by atoms with Gasteiger partial charge in [0.05, 0.1) is 29.3 Å². The molecule has 0 aliphatic heterocycles. The number of rotatable bonds is 4. The van der Waals surface area contributed by atoms with Gasteiger partial charge in [-0.05, 0) is 24.3 Å². The SMILES string of the molecule is Cn1c2ccccc2c2cc(/C=N/Nc3nc(-c4cccc(Br)c4)cs3)ncc21. The molecule has 0 fully saturated rings. The molecule has 0 saturated heterocycles. The summed E-state index contributed by atoms with van der Waals surface area (Å²) in [6.45, 7) is 0. The first-order valence-electron chi connectivity index (χ1n) is 9.03. The number of halogens is 1. The molecule has 0 atom stereocenters. The second kappa shape index (κ2) is 7.42. The van der Waals surface area contributed by atoms with Gasteiger partial charge in [0.1, 0.15) is 0 Å². The normalized spacial score (nSPS) is 11.7. The number of aromatic nitrogens is 3. The summed E-state index contributed by atoms with van der Waals surface area (Å²) in [5.74, 6) is 0. The molecule has 3 aromatic heterocycles. The van der Waals surface area contributed by atoms with E-state index in [1.165, 1.54) is 27.6 Å². The number of benzene rings is 2. The van der Waals surface area contributed by atoms with Crippen molar-refractivity contribution in [2.75, 3.05) is 5.43 Å². The summed E-state index contributed by atoms with van der Waals surface area (Å²) in [5, 5.41) is 9.47. The van der Waals surface area contributed by atoms with Crippen molar-refractivity contribution < 1.29 is 0 Å². The Bertz CT molecular complexity index is 1370. The summed E-state index contributed by atoms with van der Waals surface area (Å²) in [6.07, 6.45) is 3.62. The Labute approximate surface area is 179 Å². The Morgan fingerprint density at radius 1 is 1.07 bits per heavy atom. The molecule has 0 unspecified atom stereocenters. The molecular formula is C22H16BrN5S. The minimum Gasteiger partial charge on any atom is -0.342 e. The highest BCUT2D eigenvalue weighted by Crippen LogP contribution is 2.28. The monoisotopic (exact) mass is 461 g/mol. The standard InChI is InChI=1S/C22H16BrN5S/c1-28-20-8-3-2-7-17(20)18-10-16(24-12-21(18)28)11-25-27-22-26-19(13-29-22)14-5-4-6-15(23)9-14/h2-13H,1H3,(H,26,27)/b25-11+. The van der Waals surface area contributed by atoms with E-state index in [1.54, 1.807) is 6.21 Å². The van der Waals surface area contributed by atoms with E-state index in [0.717, 1.165) is 32.1 Å².